The molecule has 0 radical (unpaired) electrons. The van der Waals surface area contributed by atoms with Gasteiger partial charge in [-0.1, -0.05) is 0 Å². The third-order valence-corrected chi connectivity index (χ3v) is 4.86. The summed E-state index contributed by atoms with van der Waals surface area (Å²) in [6, 6.07) is 14.8. The van der Waals surface area contributed by atoms with Gasteiger partial charge >= 0.3 is 0 Å². The maximum Gasteiger partial charge on any atom is 0.260 e. The second-order valence-electron chi connectivity index (χ2n) is 6.92. The summed E-state index contributed by atoms with van der Waals surface area (Å²) in [6.45, 7) is 2.91. The average Bonchev–Trinajstić information content (AvgIpc) is 2.73. The minimum atomic E-state index is -0.0307. The zero-order valence-corrected chi connectivity index (χ0v) is 16.3. The molecule has 0 aromatic heterocycles. The molecule has 1 saturated heterocycles. The van der Waals surface area contributed by atoms with Gasteiger partial charge in [0.1, 0.15) is 11.5 Å². The van der Waals surface area contributed by atoms with Crippen molar-refractivity contribution in [3.8, 4) is 11.5 Å². The van der Waals surface area contributed by atoms with Crippen LogP contribution in [-0.4, -0.2) is 49.4 Å². The van der Waals surface area contributed by atoms with E-state index in [1.807, 2.05) is 29.2 Å². The van der Waals surface area contributed by atoms with Crippen molar-refractivity contribution in [2.24, 2.45) is 0 Å². The van der Waals surface area contributed by atoms with E-state index in [0.29, 0.717) is 17.9 Å². The van der Waals surface area contributed by atoms with Crippen molar-refractivity contribution in [3.63, 3.8) is 0 Å². The number of likely N-dealkylation sites (tertiary alicyclic amines) is 1. The van der Waals surface area contributed by atoms with Crippen LogP contribution in [0.25, 0.3) is 0 Å². The lowest BCUT2D eigenvalue weighted by Crippen LogP contribution is -2.46. The maximum atomic E-state index is 12.5. The first-order valence-corrected chi connectivity index (χ1v) is 9.47. The minimum Gasteiger partial charge on any atom is -0.497 e. The number of carbonyl (C=O) groups excluding carboxylic acids is 2. The van der Waals surface area contributed by atoms with Crippen LogP contribution in [0.5, 0.6) is 11.5 Å². The SMILES string of the molecule is COc1ccc(NC2CCCN(C(=O)COc3ccc(C(C)=O)cc3)C2)cc1. The molecule has 1 amide bonds. The summed E-state index contributed by atoms with van der Waals surface area (Å²) in [5.41, 5.74) is 1.64. The van der Waals surface area contributed by atoms with Gasteiger partial charge in [-0.3, -0.25) is 9.59 Å². The van der Waals surface area contributed by atoms with Gasteiger partial charge in [0.25, 0.3) is 5.91 Å². The lowest BCUT2D eigenvalue weighted by atomic mass is 10.1. The number of ketones is 1. The molecule has 1 aliphatic heterocycles. The molecule has 0 spiro atoms. The molecule has 2 aromatic carbocycles. The van der Waals surface area contributed by atoms with Crippen molar-refractivity contribution in [1.82, 2.24) is 4.90 Å². The van der Waals surface area contributed by atoms with Crippen LogP contribution in [0.1, 0.15) is 30.1 Å². The maximum absolute atomic E-state index is 12.5. The summed E-state index contributed by atoms with van der Waals surface area (Å²) in [5, 5.41) is 3.49. The van der Waals surface area contributed by atoms with Gasteiger partial charge < -0.3 is 19.7 Å². The number of carbonyl (C=O) groups is 2. The molecular formula is C22H26N2O4. The summed E-state index contributed by atoms with van der Waals surface area (Å²) in [6.07, 6.45) is 1.97. The van der Waals surface area contributed by atoms with Gasteiger partial charge in [0.2, 0.25) is 0 Å². The molecular weight excluding hydrogens is 356 g/mol. The largest absolute Gasteiger partial charge is 0.497 e. The van der Waals surface area contributed by atoms with Crippen molar-refractivity contribution < 1.29 is 19.1 Å². The molecule has 0 bridgehead atoms. The van der Waals surface area contributed by atoms with Crippen LogP contribution in [0.4, 0.5) is 5.69 Å². The van der Waals surface area contributed by atoms with E-state index in [2.05, 4.69) is 5.32 Å². The highest BCUT2D eigenvalue weighted by Crippen LogP contribution is 2.20. The summed E-state index contributed by atoms with van der Waals surface area (Å²) < 4.78 is 10.8. The Morgan fingerprint density at radius 3 is 2.39 bits per heavy atom. The van der Waals surface area contributed by atoms with Crippen LogP contribution in [0.3, 0.4) is 0 Å². The van der Waals surface area contributed by atoms with Crippen molar-refractivity contribution in [2.45, 2.75) is 25.8 Å². The van der Waals surface area contributed by atoms with Crippen LogP contribution in [0, 0.1) is 0 Å². The minimum absolute atomic E-state index is 0.00528. The Morgan fingerprint density at radius 2 is 1.75 bits per heavy atom. The molecule has 0 aliphatic carbocycles. The smallest absolute Gasteiger partial charge is 0.260 e. The Morgan fingerprint density at radius 1 is 1.07 bits per heavy atom. The Labute approximate surface area is 165 Å². The highest BCUT2D eigenvalue weighted by atomic mass is 16.5. The first kappa shape index (κ1) is 19.7. The number of Topliss-reactive ketones (excluding diaryl/α,β-unsaturated/α-hetero) is 1. The van der Waals surface area contributed by atoms with Crippen molar-refractivity contribution in [1.29, 1.82) is 0 Å². The van der Waals surface area contributed by atoms with Gasteiger partial charge in [-0.25, -0.2) is 0 Å². The molecule has 148 valence electrons. The second kappa shape index (κ2) is 9.26. The van der Waals surface area contributed by atoms with E-state index in [4.69, 9.17) is 9.47 Å². The summed E-state index contributed by atoms with van der Waals surface area (Å²) in [4.78, 5) is 25.7. The number of methoxy groups -OCH3 is 1. The molecule has 0 saturated carbocycles. The van der Waals surface area contributed by atoms with E-state index >= 15 is 0 Å². The zero-order chi connectivity index (χ0) is 19.9. The van der Waals surface area contributed by atoms with E-state index in [1.165, 1.54) is 6.92 Å². The van der Waals surface area contributed by atoms with E-state index in [1.54, 1.807) is 31.4 Å². The van der Waals surface area contributed by atoms with Crippen LogP contribution < -0.4 is 14.8 Å². The number of rotatable bonds is 7. The van der Waals surface area contributed by atoms with Crippen molar-refractivity contribution >= 4 is 17.4 Å². The number of piperidine rings is 1. The highest BCUT2D eigenvalue weighted by Gasteiger charge is 2.23. The highest BCUT2D eigenvalue weighted by molar-refractivity contribution is 5.94. The second-order valence-corrected chi connectivity index (χ2v) is 6.92. The van der Waals surface area contributed by atoms with Gasteiger partial charge in [-0.05, 0) is 68.3 Å². The van der Waals surface area contributed by atoms with Crippen LogP contribution >= 0.6 is 0 Å². The number of nitrogens with zero attached hydrogens (tertiary/aromatic N) is 1. The normalized spacial score (nSPS) is 16.4. The van der Waals surface area contributed by atoms with Crippen molar-refractivity contribution in [3.05, 3.63) is 54.1 Å². The monoisotopic (exact) mass is 382 g/mol. The quantitative estimate of drug-likeness (QED) is 0.744. The Hall–Kier alpha value is -3.02. The van der Waals surface area contributed by atoms with Gasteiger partial charge in [0.05, 0.1) is 7.11 Å². The lowest BCUT2D eigenvalue weighted by Gasteiger charge is -2.33. The van der Waals surface area contributed by atoms with Gasteiger partial charge in [-0.2, -0.15) is 0 Å². The topological polar surface area (TPSA) is 67.9 Å². The number of anilines is 1. The number of nitrogens with one attached hydrogen (secondary N) is 1. The van der Waals surface area contributed by atoms with Crippen molar-refractivity contribution in [2.75, 3.05) is 32.1 Å². The molecule has 28 heavy (non-hydrogen) atoms. The molecule has 1 unspecified atom stereocenters. The van der Waals surface area contributed by atoms with E-state index in [0.717, 1.165) is 30.8 Å². The molecule has 1 fully saturated rings. The standard InChI is InChI=1S/C22H26N2O4/c1-16(25)17-5-9-21(10-6-17)28-15-22(26)24-13-3-4-19(14-24)23-18-7-11-20(27-2)12-8-18/h5-12,19,23H,3-4,13-15H2,1-2H3. The molecule has 6 nitrogen and oxygen atoms in total. The van der Waals surface area contributed by atoms with Crippen LogP contribution in [-0.2, 0) is 4.79 Å². The predicted octanol–water partition coefficient (Wildman–Crippen LogP) is 3.38. The fourth-order valence-electron chi connectivity index (χ4n) is 3.27. The molecule has 1 heterocycles. The Kier molecular flexibility index (Phi) is 6.53. The lowest BCUT2D eigenvalue weighted by molar-refractivity contribution is -0.134. The molecule has 1 aliphatic rings. The summed E-state index contributed by atoms with van der Waals surface area (Å²) in [7, 11) is 1.65. The van der Waals surface area contributed by atoms with Crippen LogP contribution in [0.2, 0.25) is 0 Å². The number of amides is 1. The Bertz CT molecular complexity index is 802. The number of ether oxygens (including phenoxy) is 2. The third-order valence-electron chi connectivity index (χ3n) is 4.86. The molecule has 1 atom stereocenters. The summed E-state index contributed by atoms with van der Waals surface area (Å²) >= 11 is 0. The number of hydrogen-bond acceptors (Lipinski definition) is 5. The summed E-state index contributed by atoms with van der Waals surface area (Å²) in [5.74, 6) is 1.38. The molecule has 1 N–H and O–H groups in total. The van der Waals surface area contributed by atoms with E-state index in [9.17, 15) is 9.59 Å². The third kappa shape index (κ3) is 5.25. The zero-order valence-electron chi connectivity index (χ0n) is 16.3. The van der Waals surface area contributed by atoms with E-state index in [-0.39, 0.29) is 24.3 Å². The number of hydrogen-bond donors (Lipinski definition) is 1. The van der Waals surface area contributed by atoms with Gasteiger partial charge in [0, 0.05) is 30.4 Å². The predicted molar refractivity (Wildman–Crippen MR) is 108 cm³/mol. The number of benzene rings is 2. The van der Waals surface area contributed by atoms with Crippen LogP contribution in [0.15, 0.2) is 48.5 Å². The van der Waals surface area contributed by atoms with E-state index < -0.39 is 0 Å². The Balaban J connectivity index is 1.50. The average molecular weight is 382 g/mol. The van der Waals surface area contributed by atoms with Gasteiger partial charge in [0.15, 0.2) is 12.4 Å². The first-order valence-electron chi connectivity index (χ1n) is 9.47. The molecule has 3 rings (SSSR count). The fourth-order valence-corrected chi connectivity index (χ4v) is 3.27. The van der Waals surface area contributed by atoms with Gasteiger partial charge in [-0.15, -0.1) is 0 Å². The fraction of sp³-hybridized carbons (Fsp3) is 0.364. The molecule has 6 heteroatoms. The first-order chi connectivity index (χ1) is 13.5. The molecule has 2 aromatic rings.